The molecule has 206 valence electrons. The molecule has 0 saturated carbocycles. The molecule has 0 unspecified atom stereocenters. The molecule has 1 aliphatic heterocycles. The van der Waals surface area contributed by atoms with Crippen molar-refractivity contribution in [3.8, 4) is 0 Å². The molecule has 7 heteroatoms. The van der Waals surface area contributed by atoms with E-state index in [9.17, 15) is 0 Å². The van der Waals surface area contributed by atoms with Crippen LogP contribution < -0.4 is 10.4 Å². The van der Waals surface area contributed by atoms with Crippen molar-refractivity contribution in [3.63, 3.8) is 0 Å². The molecule has 4 atom stereocenters. The Balaban J connectivity index is 2.03. The van der Waals surface area contributed by atoms with E-state index in [0.29, 0.717) is 12.7 Å². The molecular formula is C30H50O4Si3. The maximum Gasteiger partial charge on any atom is 0.261 e. The van der Waals surface area contributed by atoms with Gasteiger partial charge < -0.3 is 18.0 Å². The van der Waals surface area contributed by atoms with Crippen LogP contribution in [0.25, 0.3) is 0 Å². The summed E-state index contributed by atoms with van der Waals surface area (Å²) in [5.41, 5.74) is 0. The van der Waals surface area contributed by atoms with Crippen molar-refractivity contribution in [2.45, 2.75) is 109 Å². The molecule has 2 aromatic rings. The van der Waals surface area contributed by atoms with Crippen molar-refractivity contribution in [1.29, 1.82) is 0 Å². The molecule has 0 bridgehead atoms. The minimum atomic E-state index is -2.68. The van der Waals surface area contributed by atoms with Crippen LogP contribution in [0.1, 0.15) is 40.5 Å². The quantitative estimate of drug-likeness (QED) is 0.206. The normalized spacial score (nSPS) is 20.5. The number of hydrogen-bond donors (Lipinski definition) is 0. The summed E-state index contributed by atoms with van der Waals surface area (Å²) in [6.07, 6.45) is 2.33. The lowest BCUT2D eigenvalue weighted by molar-refractivity contribution is 0.00399. The molecule has 0 spiro atoms. The van der Waals surface area contributed by atoms with E-state index in [2.05, 4.69) is 128 Å². The number of hydrogen-bond acceptors (Lipinski definition) is 4. The Morgan fingerprint density at radius 2 is 1.19 bits per heavy atom. The molecule has 0 N–H and O–H groups in total. The second-order valence-electron chi connectivity index (χ2n) is 13.4. The molecule has 3 rings (SSSR count). The van der Waals surface area contributed by atoms with Crippen LogP contribution in [0.2, 0.25) is 44.3 Å². The van der Waals surface area contributed by atoms with Gasteiger partial charge in [-0.25, -0.2) is 0 Å². The third-order valence-corrected chi connectivity index (χ3v) is 13.9. The van der Waals surface area contributed by atoms with Crippen molar-refractivity contribution >= 4 is 35.3 Å². The molecule has 1 heterocycles. The third-order valence-electron chi connectivity index (χ3n) is 6.86. The van der Waals surface area contributed by atoms with Crippen molar-refractivity contribution in [3.05, 3.63) is 60.7 Å². The summed E-state index contributed by atoms with van der Waals surface area (Å²) in [5.74, 6) is 0. The Labute approximate surface area is 229 Å². The van der Waals surface area contributed by atoms with Crippen molar-refractivity contribution in [2.75, 3.05) is 6.61 Å². The molecular weight excluding hydrogens is 509 g/mol. The number of rotatable bonds is 13. The monoisotopic (exact) mass is 558 g/mol. The van der Waals surface area contributed by atoms with Crippen LogP contribution in [0.4, 0.5) is 0 Å². The van der Waals surface area contributed by atoms with Gasteiger partial charge in [0.05, 0.1) is 31.0 Å². The maximum atomic E-state index is 7.36. The Bertz CT molecular complexity index is 925. The van der Waals surface area contributed by atoms with Crippen LogP contribution in [0.3, 0.4) is 0 Å². The zero-order chi connectivity index (χ0) is 27.5. The topological polar surface area (TPSA) is 40.2 Å². The fourth-order valence-corrected chi connectivity index (χ4v) is 12.2. The molecule has 1 aliphatic rings. The number of ether oxygens (including phenoxy) is 1. The third kappa shape index (κ3) is 8.21. The van der Waals surface area contributed by atoms with Crippen LogP contribution >= 0.6 is 0 Å². The highest BCUT2D eigenvalue weighted by atomic mass is 28.4. The van der Waals surface area contributed by atoms with E-state index in [1.54, 1.807) is 0 Å². The van der Waals surface area contributed by atoms with E-state index in [4.69, 9.17) is 18.0 Å². The van der Waals surface area contributed by atoms with Crippen molar-refractivity contribution < 1.29 is 18.0 Å². The van der Waals surface area contributed by atoms with Crippen LogP contribution in [-0.4, -0.2) is 56.0 Å². The van der Waals surface area contributed by atoms with Gasteiger partial charge in [-0.2, -0.15) is 0 Å². The fraction of sp³-hybridized carbons (Fsp3) is 0.600. The molecule has 4 nitrogen and oxygen atoms in total. The van der Waals surface area contributed by atoms with Crippen molar-refractivity contribution in [1.82, 2.24) is 0 Å². The zero-order valence-corrected chi connectivity index (χ0v) is 27.8. The Hall–Kier alpha value is -1.07. The maximum absolute atomic E-state index is 7.36. The van der Waals surface area contributed by atoms with Gasteiger partial charge in [-0.15, -0.1) is 0 Å². The van der Waals surface area contributed by atoms with E-state index in [-0.39, 0.29) is 23.4 Å². The molecule has 1 fully saturated rings. The summed E-state index contributed by atoms with van der Waals surface area (Å²) in [6, 6.07) is 21.7. The lowest BCUT2D eigenvalue weighted by Gasteiger charge is -2.45. The van der Waals surface area contributed by atoms with E-state index in [1.165, 1.54) is 10.4 Å². The molecule has 0 amide bonds. The zero-order valence-electron chi connectivity index (χ0n) is 24.8. The highest BCUT2D eigenvalue weighted by Crippen LogP contribution is 2.38. The summed E-state index contributed by atoms with van der Waals surface area (Å²) >= 11 is 0. The predicted molar refractivity (Wildman–Crippen MR) is 164 cm³/mol. The van der Waals surface area contributed by atoms with Crippen molar-refractivity contribution in [2.24, 2.45) is 0 Å². The summed E-state index contributed by atoms with van der Waals surface area (Å²) < 4.78 is 27.1. The first-order valence-electron chi connectivity index (χ1n) is 13.9. The van der Waals surface area contributed by atoms with Gasteiger partial charge in [0.25, 0.3) is 8.32 Å². The number of epoxide rings is 1. The Kier molecular flexibility index (Phi) is 9.87. The summed E-state index contributed by atoms with van der Waals surface area (Å²) in [7, 11) is -6.40. The van der Waals surface area contributed by atoms with E-state index >= 15 is 0 Å². The molecule has 0 aliphatic carbocycles. The van der Waals surface area contributed by atoms with Crippen LogP contribution in [0.15, 0.2) is 60.7 Å². The smallest absolute Gasteiger partial charge is 0.261 e. The fourth-order valence-electron chi connectivity index (χ4n) is 5.34. The van der Waals surface area contributed by atoms with Gasteiger partial charge >= 0.3 is 0 Å². The van der Waals surface area contributed by atoms with E-state index in [0.717, 1.165) is 12.8 Å². The van der Waals surface area contributed by atoms with Gasteiger partial charge in [0, 0.05) is 6.42 Å². The van der Waals surface area contributed by atoms with Crippen LogP contribution in [-0.2, 0) is 18.0 Å². The minimum Gasteiger partial charge on any atom is -0.412 e. The van der Waals surface area contributed by atoms with E-state index < -0.39 is 25.0 Å². The second-order valence-corrected chi connectivity index (χ2v) is 26.6. The van der Waals surface area contributed by atoms with E-state index in [1.807, 2.05) is 0 Å². The standard InChI is InChI=1S/C30H50O4Si3/c1-11-26-27(32-26)22-28(33-35(5,6)7)29(34-36(8,9)10)23-31-37(30(2,3)4,24-18-14-12-15-19-24)25-20-16-13-17-21-25/h12-21,26-29H,11,22-23H2,1-10H3/t26-,27-,28+,29-/m1/s1. The van der Waals surface area contributed by atoms with Gasteiger partial charge in [-0.3, -0.25) is 0 Å². The molecule has 1 saturated heterocycles. The molecule has 37 heavy (non-hydrogen) atoms. The van der Waals surface area contributed by atoms with Gasteiger partial charge in [0.2, 0.25) is 0 Å². The van der Waals surface area contributed by atoms with Gasteiger partial charge in [-0.05, 0) is 61.1 Å². The second kappa shape index (κ2) is 12.0. The largest absolute Gasteiger partial charge is 0.412 e. The average molecular weight is 559 g/mol. The van der Waals surface area contributed by atoms with Crippen LogP contribution in [0, 0.1) is 0 Å². The SMILES string of the molecule is CC[C@H]1O[C@@H]1C[C@H](O[Si](C)(C)C)[C@@H](CO[Si](c1ccccc1)(c1ccccc1)C(C)(C)C)O[Si](C)(C)C. The van der Waals surface area contributed by atoms with Gasteiger partial charge in [0.1, 0.15) is 0 Å². The first kappa shape index (κ1) is 30.5. The van der Waals surface area contributed by atoms with Gasteiger partial charge in [0.15, 0.2) is 16.6 Å². The Morgan fingerprint density at radius 1 is 0.730 bits per heavy atom. The first-order valence-corrected chi connectivity index (χ1v) is 22.6. The lowest BCUT2D eigenvalue weighted by atomic mass is 10.1. The van der Waals surface area contributed by atoms with Gasteiger partial charge in [-0.1, -0.05) is 88.4 Å². The summed E-state index contributed by atoms with van der Waals surface area (Å²) in [4.78, 5) is 0. The molecule has 2 aromatic carbocycles. The average Bonchev–Trinajstić information content (AvgIpc) is 3.55. The highest BCUT2D eigenvalue weighted by Gasteiger charge is 2.51. The summed E-state index contributed by atoms with van der Waals surface area (Å²) in [5, 5.41) is 2.50. The minimum absolute atomic E-state index is 0.0434. The summed E-state index contributed by atoms with van der Waals surface area (Å²) in [6.45, 7) is 23.3. The lowest BCUT2D eigenvalue weighted by Crippen LogP contribution is -2.67. The van der Waals surface area contributed by atoms with Crippen LogP contribution in [0.5, 0.6) is 0 Å². The molecule has 0 radical (unpaired) electrons. The Morgan fingerprint density at radius 3 is 1.57 bits per heavy atom. The molecule has 0 aromatic heterocycles. The number of benzene rings is 2. The highest BCUT2D eigenvalue weighted by molar-refractivity contribution is 6.99. The predicted octanol–water partition coefficient (Wildman–Crippen LogP) is 6.57. The first-order chi connectivity index (χ1) is 17.2.